The van der Waals surface area contributed by atoms with E-state index in [1.807, 2.05) is 18.2 Å². The maximum atomic E-state index is 13.5. The summed E-state index contributed by atoms with van der Waals surface area (Å²) in [7, 11) is 0. The van der Waals surface area contributed by atoms with E-state index in [-0.39, 0.29) is 24.9 Å². The van der Waals surface area contributed by atoms with E-state index in [2.05, 4.69) is 5.32 Å². The van der Waals surface area contributed by atoms with E-state index in [1.165, 1.54) is 6.07 Å². The highest BCUT2D eigenvalue weighted by atomic mass is 19.1. The number of rotatable bonds is 6. The second kappa shape index (κ2) is 7.13. The van der Waals surface area contributed by atoms with Crippen LogP contribution in [0, 0.1) is 5.82 Å². The summed E-state index contributed by atoms with van der Waals surface area (Å²) in [5.41, 5.74) is 1.55. The molecule has 23 heavy (non-hydrogen) atoms. The molecule has 0 aliphatic carbocycles. The van der Waals surface area contributed by atoms with Gasteiger partial charge in [0.2, 0.25) is 12.7 Å². The first-order valence-corrected chi connectivity index (χ1v) is 7.61. The number of hydrogen-bond donors (Lipinski definition) is 1. The number of carbonyl (C=O) groups excluding carboxylic acids is 1. The fourth-order valence-corrected chi connectivity index (χ4v) is 2.49. The van der Waals surface area contributed by atoms with Gasteiger partial charge in [-0.3, -0.25) is 4.79 Å². The maximum absolute atomic E-state index is 13.5. The summed E-state index contributed by atoms with van der Waals surface area (Å²) in [5.74, 6) is 1.03. The van der Waals surface area contributed by atoms with Crippen LogP contribution in [0.5, 0.6) is 11.5 Å². The van der Waals surface area contributed by atoms with Crippen molar-refractivity contribution in [2.45, 2.75) is 19.3 Å². The van der Waals surface area contributed by atoms with Crippen molar-refractivity contribution >= 4 is 5.91 Å². The fraction of sp³-hybridized carbons (Fsp3) is 0.278. The Morgan fingerprint density at radius 2 is 1.96 bits per heavy atom. The fourth-order valence-electron chi connectivity index (χ4n) is 2.49. The van der Waals surface area contributed by atoms with Crippen LogP contribution in [0.1, 0.15) is 17.5 Å². The molecule has 1 heterocycles. The average Bonchev–Trinajstić information content (AvgIpc) is 3.01. The van der Waals surface area contributed by atoms with E-state index in [4.69, 9.17) is 9.47 Å². The van der Waals surface area contributed by atoms with Crippen LogP contribution < -0.4 is 14.8 Å². The summed E-state index contributed by atoms with van der Waals surface area (Å²) in [6.07, 6.45) is 1.70. The number of aryl methyl sites for hydroxylation is 1. The van der Waals surface area contributed by atoms with E-state index in [1.54, 1.807) is 18.2 Å². The summed E-state index contributed by atoms with van der Waals surface area (Å²) in [6.45, 7) is 0.826. The summed E-state index contributed by atoms with van der Waals surface area (Å²) in [5, 5.41) is 2.82. The normalized spacial score (nSPS) is 12.2. The first kappa shape index (κ1) is 15.3. The molecule has 0 fully saturated rings. The van der Waals surface area contributed by atoms with Gasteiger partial charge in [0.1, 0.15) is 5.82 Å². The minimum absolute atomic E-state index is 0.0662. The predicted octanol–water partition coefficient (Wildman–Crippen LogP) is 2.85. The lowest BCUT2D eigenvalue weighted by Crippen LogP contribution is -2.26. The molecular formula is C18H18FNO3. The minimum atomic E-state index is -0.344. The van der Waals surface area contributed by atoms with Crippen LogP contribution in [-0.2, 0) is 17.6 Å². The molecule has 0 spiro atoms. The first-order valence-electron chi connectivity index (χ1n) is 7.61. The largest absolute Gasteiger partial charge is 0.454 e. The lowest BCUT2D eigenvalue weighted by Gasteiger charge is -2.07. The molecule has 0 unspecified atom stereocenters. The molecule has 0 aromatic heterocycles. The van der Waals surface area contributed by atoms with Crippen LogP contribution in [0.3, 0.4) is 0 Å². The van der Waals surface area contributed by atoms with E-state index < -0.39 is 0 Å². The highest BCUT2D eigenvalue weighted by Gasteiger charge is 2.13. The van der Waals surface area contributed by atoms with Gasteiger partial charge < -0.3 is 14.8 Å². The maximum Gasteiger partial charge on any atom is 0.231 e. The lowest BCUT2D eigenvalue weighted by molar-refractivity contribution is -0.120. The quantitative estimate of drug-likeness (QED) is 0.834. The van der Waals surface area contributed by atoms with Crippen LogP contribution in [0.25, 0.3) is 0 Å². The Morgan fingerprint density at radius 1 is 1.13 bits per heavy atom. The molecule has 4 nitrogen and oxygen atoms in total. The van der Waals surface area contributed by atoms with Gasteiger partial charge in [-0.2, -0.15) is 0 Å². The van der Waals surface area contributed by atoms with Gasteiger partial charge >= 0.3 is 0 Å². The van der Waals surface area contributed by atoms with Gasteiger partial charge in [-0.15, -0.1) is 0 Å². The van der Waals surface area contributed by atoms with Crippen molar-refractivity contribution in [2.75, 3.05) is 13.3 Å². The standard InChI is InChI=1S/C18H18FNO3/c19-15-6-2-1-5-14(15)11-18(21)20-9-3-4-13-7-8-16-17(10-13)23-12-22-16/h1-2,5-8,10H,3-4,9,11-12H2,(H,20,21). The van der Waals surface area contributed by atoms with Crippen molar-refractivity contribution in [1.82, 2.24) is 5.32 Å². The first-order chi connectivity index (χ1) is 11.2. The number of hydrogen-bond acceptors (Lipinski definition) is 3. The van der Waals surface area contributed by atoms with Gasteiger partial charge in [0.05, 0.1) is 6.42 Å². The summed E-state index contributed by atoms with van der Waals surface area (Å²) >= 11 is 0. The number of ether oxygens (including phenoxy) is 2. The van der Waals surface area contributed by atoms with Gasteiger partial charge in [0.15, 0.2) is 11.5 Å². The van der Waals surface area contributed by atoms with Gasteiger partial charge in [-0.25, -0.2) is 4.39 Å². The van der Waals surface area contributed by atoms with Crippen LogP contribution >= 0.6 is 0 Å². The van der Waals surface area contributed by atoms with Crippen molar-refractivity contribution in [3.8, 4) is 11.5 Å². The van der Waals surface area contributed by atoms with Crippen LogP contribution in [0.15, 0.2) is 42.5 Å². The second-order valence-corrected chi connectivity index (χ2v) is 5.41. The smallest absolute Gasteiger partial charge is 0.231 e. The van der Waals surface area contributed by atoms with E-state index in [9.17, 15) is 9.18 Å². The van der Waals surface area contributed by atoms with Crippen molar-refractivity contribution in [2.24, 2.45) is 0 Å². The molecule has 2 aromatic carbocycles. The zero-order chi connectivity index (χ0) is 16.1. The van der Waals surface area contributed by atoms with Crippen molar-refractivity contribution in [3.63, 3.8) is 0 Å². The van der Waals surface area contributed by atoms with Gasteiger partial charge in [0.25, 0.3) is 0 Å². The summed E-state index contributed by atoms with van der Waals surface area (Å²) < 4.78 is 24.1. The Bertz CT molecular complexity index is 702. The number of nitrogens with one attached hydrogen (secondary N) is 1. The third kappa shape index (κ3) is 4.00. The average molecular weight is 315 g/mol. The third-order valence-electron chi connectivity index (χ3n) is 3.71. The lowest BCUT2D eigenvalue weighted by atomic mass is 10.1. The van der Waals surface area contributed by atoms with Crippen molar-refractivity contribution in [1.29, 1.82) is 0 Å². The summed E-state index contributed by atoms with van der Waals surface area (Å²) in [4.78, 5) is 11.8. The Balaban J connectivity index is 1.41. The molecule has 3 rings (SSSR count). The zero-order valence-electron chi connectivity index (χ0n) is 12.7. The monoisotopic (exact) mass is 315 g/mol. The van der Waals surface area contributed by atoms with Crippen LogP contribution in [-0.4, -0.2) is 19.2 Å². The molecular weight excluding hydrogens is 297 g/mol. The van der Waals surface area contributed by atoms with Gasteiger partial charge in [0, 0.05) is 6.54 Å². The highest BCUT2D eigenvalue weighted by molar-refractivity contribution is 5.78. The third-order valence-corrected chi connectivity index (χ3v) is 3.71. The molecule has 5 heteroatoms. The molecule has 0 saturated heterocycles. The van der Waals surface area contributed by atoms with Crippen molar-refractivity contribution < 1.29 is 18.7 Å². The topological polar surface area (TPSA) is 47.6 Å². The van der Waals surface area contributed by atoms with Crippen LogP contribution in [0.4, 0.5) is 4.39 Å². The van der Waals surface area contributed by atoms with E-state index >= 15 is 0 Å². The highest BCUT2D eigenvalue weighted by Crippen LogP contribution is 2.32. The number of fused-ring (bicyclic) bond motifs is 1. The predicted molar refractivity (Wildman–Crippen MR) is 84.0 cm³/mol. The Hall–Kier alpha value is -2.56. The molecule has 1 aliphatic heterocycles. The Kier molecular flexibility index (Phi) is 4.76. The molecule has 0 radical (unpaired) electrons. The van der Waals surface area contributed by atoms with Gasteiger partial charge in [-0.05, 0) is 42.2 Å². The number of carbonyl (C=O) groups is 1. The number of benzene rings is 2. The molecule has 0 atom stereocenters. The zero-order valence-corrected chi connectivity index (χ0v) is 12.7. The molecule has 0 saturated carbocycles. The molecule has 1 amide bonds. The molecule has 1 N–H and O–H groups in total. The minimum Gasteiger partial charge on any atom is -0.454 e. The summed E-state index contributed by atoms with van der Waals surface area (Å²) in [6, 6.07) is 12.2. The SMILES string of the molecule is O=C(Cc1ccccc1F)NCCCc1ccc2c(c1)OCO2. The second-order valence-electron chi connectivity index (χ2n) is 5.41. The molecule has 0 bridgehead atoms. The Labute approximate surface area is 134 Å². The van der Waals surface area contributed by atoms with Gasteiger partial charge in [-0.1, -0.05) is 24.3 Å². The molecule has 2 aromatic rings. The Morgan fingerprint density at radius 3 is 2.83 bits per heavy atom. The van der Waals surface area contributed by atoms with E-state index in [0.29, 0.717) is 12.1 Å². The van der Waals surface area contributed by atoms with Crippen molar-refractivity contribution in [3.05, 3.63) is 59.4 Å². The number of halogens is 1. The molecule has 120 valence electrons. The number of amides is 1. The van der Waals surface area contributed by atoms with Crippen LogP contribution in [0.2, 0.25) is 0 Å². The molecule has 1 aliphatic rings. The van der Waals surface area contributed by atoms with E-state index in [0.717, 1.165) is 29.9 Å².